The van der Waals surface area contributed by atoms with Crippen LogP contribution in [0.15, 0.2) is 29.2 Å². The number of rotatable bonds is 10. The van der Waals surface area contributed by atoms with E-state index >= 15 is 0 Å². The molecule has 1 atom stereocenters. The van der Waals surface area contributed by atoms with E-state index in [4.69, 9.17) is 10.8 Å². The topological polar surface area (TPSA) is 251 Å². The first-order chi connectivity index (χ1) is 16.5. The second-order valence-electron chi connectivity index (χ2n) is 7.20. The van der Waals surface area contributed by atoms with Crippen molar-refractivity contribution in [1.29, 1.82) is 0 Å². The molecule has 1 unspecified atom stereocenters. The Balaban J connectivity index is 1.78. The van der Waals surface area contributed by atoms with Gasteiger partial charge in [-0.25, -0.2) is 19.6 Å². The van der Waals surface area contributed by atoms with E-state index in [1.165, 1.54) is 18.3 Å². The number of aromatic carboxylic acids is 1. The zero-order valence-corrected chi connectivity index (χ0v) is 17.8. The Morgan fingerprint density at radius 1 is 1.09 bits per heavy atom. The van der Waals surface area contributed by atoms with E-state index in [0.29, 0.717) is 5.69 Å². The first-order valence-corrected chi connectivity index (χ1v) is 9.93. The molecule has 0 spiro atoms. The molecule has 15 nitrogen and oxygen atoms in total. The maximum Gasteiger partial charge on any atom is 0.336 e. The Morgan fingerprint density at radius 2 is 1.83 bits per heavy atom. The third kappa shape index (κ3) is 6.04. The largest absolute Gasteiger partial charge is 0.481 e. The van der Waals surface area contributed by atoms with Crippen LogP contribution in [0.2, 0.25) is 0 Å². The summed E-state index contributed by atoms with van der Waals surface area (Å²) in [5.74, 6) is -5.24. The summed E-state index contributed by atoms with van der Waals surface area (Å²) < 4.78 is 0. The van der Waals surface area contributed by atoms with Crippen LogP contribution in [0.3, 0.4) is 0 Å². The molecule has 0 radical (unpaired) electrons. The number of amides is 1. The number of nitrogens with two attached hydrogens (primary N) is 1. The summed E-state index contributed by atoms with van der Waals surface area (Å²) in [6.45, 7) is 0.0354. The molecule has 1 amide bonds. The number of aliphatic carboxylic acids is 2. The molecule has 0 saturated carbocycles. The summed E-state index contributed by atoms with van der Waals surface area (Å²) in [5.41, 5.74) is 4.79. The number of nitrogens with one attached hydrogen (secondary N) is 3. The van der Waals surface area contributed by atoms with Crippen LogP contribution in [0, 0.1) is 0 Å². The fraction of sp³-hybridized carbons (Fsp3) is 0.200. The van der Waals surface area contributed by atoms with E-state index in [1.807, 2.05) is 0 Å². The van der Waals surface area contributed by atoms with Gasteiger partial charge < -0.3 is 31.7 Å². The van der Waals surface area contributed by atoms with Gasteiger partial charge in [0.15, 0.2) is 11.2 Å². The Bertz CT molecular complexity index is 1390. The number of H-pyrrole nitrogens is 1. The normalized spacial score (nSPS) is 11.5. The van der Waals surface area contributed by atoms with E-state index in [-0.39, 0.29) is 41.3 Å². The lowest BCUT2D eigenvalue weighted by atomic mass is 10.0. The molecule has 182 valence electrons. The Morgan fingerprint density at radius 3 is 2.49 bits per heavy atom. The van der Waals surface area contributed by atoms with Crippen LogP contribution in [0.25, 0.3) is 11.2 Å². The second-order valence-corrected chi connectivity index (χ2v) is 7.20. The van der Waals surface area contributed by atoms with Gasteiger partial charge >= 0.3 is 17.9 Å². The summed E-state index contributed by atoms with van der Waals surface area (Å²) >= 11 is 0. The molecular weight excluding hydrogens is 466 g/mol. The van der Waals surface area contributed by atoms with E-state index in [9.17, 15) is 34.2 Å². The van der Waals surface area contributed by atoms with Gasteiger partial charge in [-0.3, -0.25) is 19.4 Å². The predicted octanol–water partition coefficient (Wildman–Crippen LogP) is -0.347. The van der Waals surface area contributed by atoms with Crippen LogP contribution in [0.1, 0.15) is 39.3 Å². The van der Waals surface area contributed by atoms with Crippen molar-refractivity contribution in [2.75, 3.05) is 11.1 Å². The van der Waals surface area contributed by atoms with Crippen molar-refractivity contribution in [1.82, 2.24) is 25.3 Å². The monoisotopic (exact) mass is 485 g/mol. The van der Waals surface area contributed by atoms with Gasteiger partial charge in [-0.1, -0.05) is 0 Å². The first kappa shape index (κ1) is 24.6. The number of carboxylic acid groups (broad SMARTS) is 3. The molecule has 3 aromatic rings. The molecule has 0 bridgehead atoms. The van der Waals surface area contributed by atoms with Gasteiger partial charge in [-0.05, 0) is 24.6 Å². The highest BCUT2D eigenvalue weighted by molar-refractivity contribution is 6.06. The van der Waals surface area contributed by atoms with Crippen molar-refractivity contribution in [2.45, 2.75) is 25.4 Å². The van der Waals surface area contributed by atoms with Crippen molar-refractivity contribution in [3.8, 4) is 0 Å². The number of nitrogen functional groups attached to an aromatic ring is 1. The quantitative estimate of drug-likeness (QED) is 0.194. The number of hydrogen-bond donors (Lipinski definition) is 7. The highest BCUT2D eigenvalue weighted by Crippen LogP contribution is 2.18. The minimum atomic E-state index is -1.52. The van der Waals surface area contributed by atoms with Gasteiger partial charge in [0.2, 0.25) is 5.95 Å². The Kier molecular flexibility index (Phi) is 7.19. The number of carbonyl (C=O) groups is 4. The number of anilines is 2. The first-order valence-electron chi connectivity index (χ1n) is 9.93. The molecule has 35 heavy (non-hydrogen) atoms. The van der Waals surface area contributed by atoms with Crippen molar-refractivity contribution >= 4 is 46.6 Å². The molecule has 0 aliphatic heterocycles. The molecule has 0 fully saturated rings. The molecular formula is C20H19N7O8. The lowest BCUT2D eigenvalue weighted by molar-refractivity contribution is -0.140. The molecule has 1 aromatic carbocycles. The summed E-state index contributed by atoms with van der Waals surface area (Å²) in [5, 5.41) is 32.5. The van der Waals surface area contributed by atoms with E-state index < -0.39 is 47.4 Å². The molecule has 0 aliphatic carbocycles. The van der Waals surface area contributed by atoms with Crippen molar-refractivity contribution < 1.29 is 34.5 Å². The third-order valence-electron chi connectivity index (χ3n) is 4.70. The van der Waals surface area contributed by atoms with E-state index in [1.54, 1.807) is 0 Å². The molecule has 15 heteroatoms. The molecule has 3 rings (SSSR count). The summed E-state index contributed by atoms with van der Waals surface area (Å²) in [4.78, 5) is 72.6. The number of aromatic nitrogens is 4. The number of fused-ring (bicyclic) bond motifs is 1. The van der Waals surface area contributed by atoms with Crippen LogP contribution >= 0.6 is 0 Å². The van der Waals surface area contributed by atoms with Gasteiger partial charge in [0.1, 0.15) is 6.04 Å². The lowest BCUT2D eigenvalue weighted by Gasteiger charge is -2.15. The zero-order valence-electron chi connectivity index (χ0n) is 17.8. The van der Waals surface area contributed by atoms with Crippen molar-refractivity contribution in [3.63, 3.8) is 0 Å². The third-order valence-corrected chi connectivity index (χ3v) is 4.70. The fourth-order valence-electron chi connectivity index (χ4n) is 3.04. The summed E-state index contributed by atoms with van der Waals surface area (Å²) in [6, 6.07) is 2.21. The molecule has 2 aromatic heterocycles. The SMILES string of the molecule is Nc1nc2ncc(CNc3ccc(C(=O)NC(CCC(=O)O)C(=O)O)c(C(=O)O)c3)nc2c(=O)[nH]1. The molecule has 8 N–H and O–H groups in total. The van der Waals surface area contributed by atoms with Gasteiger partial charge in [-0.2, -0.15) is 4.98 Å². The average molecular weight is 485 g/mol. The number of aromatic amines is 1. The Hall–Kier alpha value is -5.08. The minimum absolute atomic E-state index is 0.0346. The van der Waals surface area contributed by atoms with Crippen LogP contribution in [0.4, 0.5) is 11.6 Å². The number of nitrogens with zero attached hydrogens (tertiary/aromatic N) is 3. The Labute approximate surface area is 195 Å². The number of carboxylic acids is 3. The minimum Gasteiger partial charge on any atom is -0.481 e. The number of carbonyl (C=O) groups excluding carboxylic acids is 1. The zero-order chi connectivity index (χ0) is 25.7. The molecule has 2 heterocycles. The van der Waals surface area contributed by atoms with Crippen molar-refractivity contribution in [3.05, 3.63) is 51.6 Å². The standard InChI is InChI=1S/C20H19N7O8/c21-20-26-15-14(17(31)27-20)24-9(7-23-15)6-22-8-1-2-10(11(5-8)18(32)33)16(30)25-12(19(34)35)3-4-13(28)29/h1-2,5,7,12,22H,3-4,6H2,(H,25,30)(H,28,29)(H,32,33)(H,34,35)(H3,21,23,26,27,31). The van der Waals surface area contributed by atoms with Crippen LogP contribution in [0.5, 0.6) is 0 Å². The van der Waals surface area contributed by atoms with Gasteiger partial charge in [-0.15, -0.1) is 0 Å². The molecule has 0 saturated heterocycles. The highest BCUT2D eigenvalue weighted by atomic mass is 16.4. The summed E-state index contributed by atoms with van der Waals surface area (Å²) in [7, 11) is 0. The number of hydrogen-bond acceptors (Lipinski definition) is 10. The molecule has 0 aliphatic rings. The predicted molar refractivity (Wildman–Crippen MR) is 119 cm³/mol. The summed E-state index contributed by atoms with van der Waals surface area (Å²) in [6.07, 6.45) is 0.472. The van der Waals surface area contributed by atoms with Crippen molar-refractivity contribution in [2.24, 2.45) is 0 Å². The lowest BCUT2D eigenvalue weighted by Crippen LogP contribution is -2.41. The highest BCUT2D eigenvalue weighted by Gasteiger charge is 2.24. The van der Waals surface area contributed by atoms with Gasteiger partial charge in [0, 0.05) is 12.1 Å². The van der Waals surface area contributed by atoms with Crippen LogP contribution in [-0.4, -0.2) is 65.1 Å². The average Bonchev–Trinajstić information content (AvgIpc) is 2.79. The fourth-order valence-corrected chi connectivity index (χ4v) is 3.04. The smallest absolute Gasteiger partial charge is 0.336 e. The van der Waals surface area contributed by atoms with Crippen LogP contribution in [-0.2, 0) is 16.1 Å². The maximum atomic E-state index is 12.5. The van der Waals surface area contributed by atoms with E-state index in [0.717, 1.165) is 6.07 Å². The number of benzene rings is 1. The van der Waals surface area contributed by atoms with Gasteiger partial charge in [0.25, 0.3) is 11.5 Å². The maximum absolute atomic E-state index is 12.5. The second kappa shape index (κ2) is 10.2. The van der Waals surface area contributed by atoms with Crippen LogP contribution < -0.4 is 21.9 Å². The van der Waals surface area contributed by atoms with Gasteiger partial charge in [0.05, 0.1) is 29.6 Å². The van der Waals surface area contributed by atoms with E-state index in [2.05, 4.69) is 30.6 Å².